The van der Waals surface area contributed by atoms with Crippen molar-refractivity contribution in [1.82, 2.24) is 4.40 Å². The Labute approximate surface area is 104 Å². The largest absolute Gasteiger partial charge is 0.326 e. The molecule has 0 amide bonds. The van der Waals surface area contributed by atoms with Gasteiger partial charge in [-0.25, -0.2) is 4.39 Å². The third-order valence-electron chi connectivity index (χ3n) is 3.11. The first-order valence-corrected chi connectivity index (χ1v) is 5.85. The maximum Gasteiger partial charge on any atom is 0.132 e. The van der Waals surface area contributed by atoms with E-state index in [1.54, 1.807) is 12.1 Å². The Morgan fingerprint density at radius 2 is 1.83 bits per heavy atom. The quantitative estimate of drug-likeness (QED) is 0.732. The first-order valence-electron chi connectivity index (χ1n) is 5.85. The fourth-order valence-electron chi connectivity index (χ4n) is 2.29. The Balaban J connectivity index is 2.37. The van der Waals surface area contributed by atoms with Gasteiger partial charge >= 0.3 is 0 Å². The smallest absolute Gasteiger partial charge is 0.132 e. The van der Waals surface area contributed by atoms with Crippen LogP contribution < -0.4 is 5.73 Å². The number of nitrogens with zero attached hydrogens (tertiary/aromatic N) is 1. The minimum absolute atomic E-state index is 0.226. The van der Waals surface area contributed by atoms with E-state index in [9.17, 15) is 4.39 Å². The molecule has 0 radical (unpaired) electrons. The predicted molar refractivity (Wildman–Crippen MR) is 70.7 cm³/mol. The Bertz CT molecular complexity index is 701. The third-order valence-corrected chi connectivity index (χ3v) is 3.11. The van der Waals surface area contributed by atoms with Gasteiger partial charge in [0.25, 0.3) is 0 Å². The molecule has 0 unspecified atom stereocenters. The fourth-order valence-corrected chi connectivity index (χ4v) is 2.29. The third kappa shape index (κ3) is 1.60. The summed E-state index contributed by atoms with van der Waals surface area (Å²) in [7, 11) is 0. The minimum Gasteiger partial charge on any atom is -0.326 e. The summed E-state index contributed by atoms with van der Waals surface area (Å²) in [6.45, 7) is 0.394. The Kier molecular flexibility index (Phi) is 2.61. The summed E-state index contributed by atoms with van der Waals surface area (Å²) in [4.78, 5) is 0. The van der Waals surface area contributed by atoms with E-state index in [1.807, 2.05) is 40.9 Å². The van der Waals surface area contributed by atoms with E-state index >= 15 is 0 Å². The Morgan fingerprint density at radius 1 is 1.06 bits per heavy atom. The molecule has 0 fully saturated rings. The van der Waals surface area contributed by atoms with Crippen LogP contribution in [0.25, 0.3) is 16.8 Å². The van der Waals surface area contributed by atoms with E-state index in [0.29, 0.717) is 12.1 Å². The highest BCUT2D eigenvalue weighted by Gasteiger charge is 2.13. The monoisotopic (exact) mass is 240 g/mol. The molecule has 0 bridgehead atoms. The van der Waals surface area contributed by atoms with Crippen LogP contribution in [0.1, 0.15) is 5.56 Å². The highest BCUT2D eigenvalue weighted by atomic mass is 19.1. The molecule has 2 heterocycles. The molecule has 18 heavy (non-hydrogen) atoms. The van der Waals surface area contributed by atoms with E-state index in [0.717, 1.165) is 16.8 Å². The first kappa shape index (κ1) is 11.0. The summed E-state index contributed by atoms with van der Waals surface area (Å²) in [6, 6.07) is 14.7. The summed E-state index contributed by atoms with van der Waals surface area (Å²) in [6.07, 6.45) is 1.93. The van der Waals surface area contributed by atoms with Gasteiger partial charge in [-0.1, -0.05) is 18.2 Å². The Hall–Kier alpha value is -2.13. The summed E-state index contributed by atoms with van der Waals surface area (Å²) < 4.78 is 15.9. The van der Waals surface area contributed by atoms with Crippen LogP contribution in [0.4, 0.5) is 4.39 Å². The molecular weight excluding hydrogens is 227 g/mol. The molecule has 2 N–H and O–H groups in total. The molecule has 1 aromatic carbocycles. The highest BCUT2D eigenvalue weighted by molar-refractivity contribution is 5.72. The predicted octanol–water partition coefficient (Wildman–Crippen LogP) is 3.20. The molecule has 0 saturated heterocycles. The maximum atomic E-state index is 13.9. The lowest BCUT2D eigenvalue weighted by Gasteiger charge is -2.07. The van der Waals surface area contributed by atoms with Crippen LogP contribution in [0.2, 0.25) is 0 Å². The molecule has 0 aliphatic rings. The normalized spacial score (nSPS) is 11.0. The second-order valence-electron chi connectivity index (χ2n) is 4.20. The van der Waals surface area contributed by atoms with E-state index in [-0.39, 0.29) is 5.82 Å². The average Bonchev–Trinajstić information content (AvgIpc) is 2.78. The second kappa shape index (κ2) is 4.27. The zero-order valence-corrected chi connectivity index (χ0v) is 9.81. The van der Waals surface area contributed by atoms with Gasteiger partial charge in [0.15, 0.2) is 0 Å². The van der Waals surface area contributed by atoms with Gasteiger partial charge in [-0.05, 0) is 35.9 Å². The van der Waals surface area contributed by atoms with Crippen molar-refractivity contribution in [2.75, 3.05) is 0 Å². The number of fused-ring (bicyclic) bond motifs is 1. The summed E-state index contributed by atoms with van der Waals surface area (Å²) >= 11 is 0. The van der Waals surface area contributed by atoms with Crippen molar-refractivity contribution < 1.29 is 4.39 Å². The minimum atomic E-state index is -0.226. The van der Waals surface area contributed by atoms with Gasteiger partial charge in [0, 0.05) is 23.8 Å². The molecule has 3 rings (SSSR count). The van der Waals surface area contributed by atoms with Crippen LogP contribution >= 0.6 is 0 Å². The lowest BCUT2D eigenvalue weighted by molar-refractivity contribution is 0.630. The van der Waals surface area contributed by atoms with Crippen LogP contribution in [-0.2, 0) is 6.54 Å². The zero-order chi connectivity index (χ0) is 12.5. The number of benzene rings is 1. The molecule has 0 atom stereocenters. The van der Waals surface area contributed by atoms with Crippen molar-refractivity contribution in [3.63, 3.8) is 0 Å². The molecule has 0 aliphatic carbocycles. The van der Waals surface area contributed by atoms with E-state index in [1.165, 1.54) is 6.07 Å². The number of hydrogen-bond donors (Lipinski definition) is 1. The van der Waals surface area contributed by atoms with Crippen LogP contribution in [0.3, 0.4) is 0 Å². The molecule has 0 spiro atoms. The summed E-state index contributed by atoms with van der Waals surface area (Å²) in [5.74, 6) is -0.226. The Morgan fingerprint density at radius 3 is 2.61 bits per heavy atom. The molecule has 0 aliphatic heterocycles. The standard InChI is InChI=1S/C15H13FN2/c16-14-7-2-1-6-13(14)15-11(10-17)9-12-5-3-4-8-18(12)15/h1-9H,10,17H2. The number of pyridine rings is 1. The molecule has 3 heteroatoms. The number of hydrogen-bond acceptors (Lipinski definition) is 1. The van der Waals surface area contributed by atoms with Gasteiger partial charge in [-0.15, -0.1) is 0 Å². The average molecular weight is 240 g/mol. The first-order chi connectivity index (χ1) is 8.81. The van der Waals surface area contributed by atoms with Crippen LogP contribution in [0, 0.1) is 5.82 Å². The molecule has 0 saturated carbocycles. The summed E-state index contributed by atoms with van der Waals surface area (Å²) in [5.41, 5.74) is 9.17. The van der Waals surface area contributed by atoms with Crippen molar-refractivity contribution in [2.45, 2.75) is 6.54 Å². The van der Waals surface area contributed by atoms with Gasteiger partial charge < -0.3 is 10.1 Å². The molecule has 3 aromatic rings. The molecule has 2 aromatic heterocycles. The van der Waals surface area contributed by atoms with E-state index in [2.05, 4.69) is 0 Å². The number of rotatable bonds is 2. The van der Waals surface area contributed by atoms with Gasteiger partial charge in [0.2, 0.25) is 0 Å². The van der Waals surface area contributed by atoms with Crippen molar-refractivity contribution >= 4 is 5.52 Å². The van der Waals surface area contributed by atoms with Gasteiger partial charge in [-0.3, -0.25) is 0 Å². The van der Waals surface area contributed by atoms with Crippen molar-refractivity contribution in [1.29, 1.82) is 0 Å². The van der Waals surface area contributed by atoms with Crippen LogP contribution in [-0.4, -0.2) is 4.40 Å². The van der Waals surface area contributed by atoms with Gasteiger partial charge in [0.1, 0.15) is 5.82 Å². The number of halogens is 1. The highest BCUT2D eigenvalue weighted by Crippen LogP contribution is 2.29. The van der Waals surface area contributed by atoms with Crippen molar-refractivity contribution in [3.05, 3.63) is 66.1 Å². The SMILES string of the molecule is NCc1cc2ccccn2c1-c1ccccc1F. The maximum absolute atomic E-state index is 13.9. The molecule has 90 valence electrons. The fraction of sp³-hybridized carbons (Fsp3) is 0.0667. The number of aromatic nitrogens is 1. The van der Waals surface area contributed by atoms with E-state index in [4.69, 9.17) is 5.73 Å². The molecule has 2 nitrogen and oxygen atoms in total. The van der Waals surface area contributed by atoms with Crippen LogP contribution in [0.5, 0.6) is 0 Å². The zero-order valence-electron chi connectivity index (χ0n) is 9.81. The lowest BCUT2D eigenvalue weighted by Crippen LogP contribution is -1.99. The van der Waals surface area contributed by atoms with Crippen LogP contribution in [0.15, 0.2) is 54.7 Å². The van der Waals surface area contributed by atoms with Crippen molar-refractivity contribution in [3.8, 4) is 11.3 Å². The molecular formula is C15H13FN2. The van der Waals surface area contributed by atoms with E-state index < -0.39 is 0 Å². The van der Waals surface area contributed by atoms with Gasteiger partial charge in [-0.2, -0.15) is 0 Å². The number of nitrogens with two attached hydrogens (primary N) is 1. The topological polar surface area (TPSA) is 30.4 Å². The van der Waals surface area contributed by atoms with Gasteiger partial charge in [0.05, 0.1) is 5.69 Å². The van der Waals surface area contributed by atoms with Crippen molar-refractivity contribution in [2.24, 2.45) is 5.73 Å². The second-order valence-corrected chi connectivity index (χ2v) is 4.20. The summed E-state index contributed by atoms with van der Waals surface area (Å²) in [5, 5.41) is 0. The lowest BCUT2D eigenvalue weighted by atomic mass is 10.1.